The first-order chi connectivity index (χ1) is 18.9. The van der Waals surface area contributed by atoms with Gasteiger partial charge in [0, 0.05) is 45.8 Å². The quantitative estimate of drug-likeness (QED) is 0.396. The molecule has 40 heavy (non-hydrogen) atoms. The van der Waals surface area contributed by atoms with Crippen LogP contribution in [0.15, 0.2) is 52.3 Å². The third-order valence-electron chi connectivity index (χ3n) is 7.52. The summed E-state index contributed by atoms with van der Waals surface area (Å²) in [6, 6.07) is 11.1. The van der Waals surface area contributed by atoms with Crippen molar-refractivity contribution in [2.45, 2.75) is 53.7 Å². The number of aryl methyl sites for hydroxylation is 1. The summed E-state index contributed by atoms with van der Waals surface area (Å²) in [7, 11) is -2.71. The van der Waals surface area contributed by atoms with Gasteiger partial charge >= 0.3 is 0 Å². The van der Waals surface area contributed by atoms with E-state index in [-0.39, 0.29) is 34.6 Å². The molecule has 4 rings (SSSR count). The Labute approximate surface area is 237 Å². The van der Waals surface area contributed by atoms with Crippen LogP contribution in [0.25, 0.3) is 0 Å². The van der Waals surface area contributed by atoms with Crippen LogP contribution in [0.2, 0.25) is 0 Å². The highest BCUT2D eigenvalue weighted by atomic mass is 32.2. The van der Waals surface area contributed by atoms with Gasteiger partial charge in [0.15, 0.2) is 0 Å². The topological polar surface area (TPSA) is 135 Å². The van der Waals surface area contributed by atoms with Crippen LogP contribution >= 0.6 is 0 Å². The molecule has 2 heterocycles. The van der Waals surface area contributed by atoms with E-state index in [0.717, 1.165) is 16.3 Å². The van der Waals surface area contributed by atoms with Crippen LogP contribution in [0.1, 0.15) is 24.8 Å². The highest BCUT2D eigenvalue weighted by Crippen LogP contribution is 2.37. The van der Waals surface area contributed by atoms with Crippen molar-refractivity contribution in [3.05, 3.63) is 48.0 Å². The van der Waals surface area contributed by atoms with Gasteiger partial charge in [0.1, 0.15) is 24.2 Å². The molecular formula is C27H39N3O8S2. The normalized spacial score (nSPS) is 20.6. The number of methoxy groups -OCH3 is 1. The van der Waals surface area contributed by atoms with Crippen LogP contribution in [0.4, 0.5) is 0 Å². The average molecular weight is 598 g/mol. The lowest BCUT2D eigenvalue weighted by molar-refractivity contribution is -0.0312. The molecule has 0 aromatic heterocycles. The van der Waals surface area contributed by atoms with E-state index in [9.17, 15) is 21.9 Å². The van der Waals surface area contributed by atoms with Gasteiger partial charge in [-0.05, 0) is 62.1 Å². The predicted octanol–water partition coefficient (Wildman–Crippen LogP) is 1.60. The third kappa shape index (κ3) is 6.78. The number of nitrogens with zero attached hydrogens (tertiary/aromatic N) is 2. The first-order valence-electron chi connectivity index (χ1n) is 13.2. The number of hydrogen-bond donors (Lipinski definition) is 2. The number of aliphatic hydroxyl groups excluding tert-OH is 1. The smallest absolute Gasteiger partial charge is 0.243 e. The van der Waals surface area contributed by atoms with E-state index in [0.29, 0.717) is 44.0 Å². The number of rotatable bonds is 11. The fourth-order valence-corrected chi connectivity index (χ4v) is 7.57. The Kier molecular flexibility index (Phi) is 9.45. The molecule has 2 saturated heterocycles. The van der Waals surface area contributed by atoms with Crippen molar-refractivity contribution in [2.75, 3.05) is 54.1 Å². The van der Waals surface area contributed by atoms with Gasteiger partial charge in [0.2, 0.25) is 20.0 Å². The van der Waals surface area contributed by atoms with E-state index < -0.39 is 26.2 Å². The van der Waals surface area contributed by atoms with E-state index in [1.807, 2.05) is 6.92 Å². The molecule has 0 saturated carbocycles. The van der Waals surface area contributed by atoms with Gasteiger partial charge < -0.3 is 24.6 Å². The molecule has 2 aliphatic rings. The molecule has 0 aliphatic carbocycles. The summed E-state index contributed by atoms with van der Waals surface area (Å²) < 4.78 is 70.8. The van der Waals surface area contributed by atoms with E-state index in [2.05, 4.69) is 5.32 Å². The average Bonchev–Trinajstić information content (AvgIpc) is 3.33. The van der Waals surface area contributed by atoms with Crippen molar-refractivity contribution in [3.8, 4) is 11.5 Å². The van der Waals surface area contributed by atoms with Gasteiger partial charge in [0.05, 0.1) is 29.1 Å². The lowest BCUT2D eigenvalue weighted by atomic mass is 9.88. The molecule has 2 fully saturated rings. The minimum absolute atomic E-state index is 0.00512. The van der Waals surface area contributed by atoms with Gasteiger partial charge in [-0.1, -0.05) is 6.07 Å². The third-order valence-corrected chi connectivity index (χ3v) is 11.2. The van der Waals surface area contributed by atoms with Gasteiger partial charge in [-0.3, -0.25) is 0 Å². The maximum absolute atomic E-state index is 13.2. The van der Waals surface area contributed by atoms with Crippen LogP contribution in [0.3, 0.4) is 0 Å². The van der Waals surface area contributed by atoms with Crippen molar-refractivity contribution in [1.29, 1.82) is 0 Å². The number of piperidine rings is 1. The molecule has 2 aromatic rings. The fourth-order valence-electron chi connectivity index (χ4n) is 5.11. The van der Waals surface area contributed by atoms with Crippen LogP contribution < -0.4 is 14.8 Å². The highest BCUT2D eigenvalue weighted by molar-refractivity contribution is 7.89. The molecule has 0 radical (unpaired) electrons. The van der Waals surface area contributed by atoms with Crippen molar-refractivity contribution >= 4 is 20.0 Å². The second-order valence-corrected chi connectivity index (χ2v) is 14.7. The number of benzene rings is 2. The molecule has 1 spiro atoms. The van der Waals surface area contributed by atoms with Crippen molar-refractivity contribution in [3.63, 3.8) is 0 Å². The summed E-state index contributed by atoms with van der Waals surface area (Å²) in [5, 5.41) is 13.8. The second kappa shape index (κ2) is 12.3. The maximum atomic E-state index is 13.2. The van der Waals surface area contributed by atoms with E-state index in [1.54, 1.807) is 37.4 Å². The summed E-state index contributed by atoms with van der Waals surface area (Å²) >= 11 is 0. The SMILES string of the molecule is COc1ccc(S(=O)(=O)N2CCC3(CC2)CC(NC[C@H](O)COc2cccc(S(=O)(=O)N(C)C)c2)CO3)cc1C. The molecule has 222 valence electrons. The van der Waals surface area contributed by atoms with Crippen molar-refractivity contribution < 1.29 is 36.2 Å². The Morgan fingerprint density at radius 2 is 1.85 bits per heavy atom. The Morgan fingerprint density at radius 1 is 1.12 bits per heavy atom. The van der Waals surface area contributed by atoms with Gasteiger partial charge in [-0.25, -0.2) is 21.1 Å². The lowest BCUT2D eigenvalue weighted by Crippen LogP contribution is -2.47. The summed E-state index contributed by atoms with van der Waals surface area (Å²) in [4.78, 5) is 0.380. The predicted molar refractivity (Wildman–Crippen MR) is 150 cm³/mol. The largest absolute Gasteiger partial charge is 0.496 e. The number of hydrogen-bond acceptors (Lipinski definition) is 9. The van der Waals surface area contributed by atoms with E-state index in [1.165, 1.54) is 30.5 Å². The summed E-state index contributed by atoms with van der Waals surface area (Å²) in [5.74, 6) is 1.01. The zero-order valence-electron chi connectivity index (χ0n) is 23.4. The Hall–Kier alpha value is -2.26. The molecule has 2 N–H and O–H groups in total. The summed E-state index contributed by atoms with van der Waals surface area (Å²) in [6.45, 7) is 3.31. The second-order valence-electron chi connectivity index (χ2n) is 10.6. The zero-order valence-corrected chi connectivity index (χ0v) is 25.0. The Bertz CT molecular complexity index is 1390. The van der Waals surface area contributed by atoms with Crippen LogP contribution in [0, 0.1) is 6.92 Å². The molecule has 0 amide bonds. The van der Waals surface area contributed by atoms with E-state index >= 15 is 0 Å². The first-order valence-corrected chi connectivity index (χ1v) is 16.1. The number of aliphatic hydroxyl groups is 1. The molecular weight excluding hydrogens is 558 g/mol. The van der Waals surface area contributed by atoms with Crippen molar-refractivity contribution in [1.82, 2.24) is 13.9 Å². The molecule has 0 bridgehead atoms. The van der Waals surface area contributed by atoms with Crippen LogP contribution in [0.5, 0.6) is 11.5 Å². The fraction of sp³-hybridized carbons (Fsp3) is 0.556. The molecule has 13 heteroatoms. The Balaban J connectivity index is 1.24. The van der Waals surface area contributed by atoms with Crippen molar-refractivity contribution in [2.24, 2.45) is 0 Å². The molecule has 2 atom stereocenters. The van der Waals surface area contributed by atoms with Gasteiger partial charge in [-0.2, -0.15) is 4.31 Å². The van der Waals surface area contributed by atoms with Crippen LogP contribution in [-0.2, 0) is 24.8 Å². The van der Waals surface area contributed by atoms with E-state index in [4.69, 9.17) is 14.2 Å². The minimum Gasteiger partial charge on any atom is -0.496 e. The molecule has 2 aromatic carbocycles. The minimum atomic E-state index is -3.61. The number of ether oxygens (including phenoxy) is 3. The van der Waals surface area contributed by atoms with Gasteiger partial charge in [-0.15, -0.1) is 0 Å². The summed E-state index contributed by atoms with van der Waals surface area (Å²) in [5.41, 5.74) is 0.378. The standard InChI is InChI=1S/C27H39N3O8S2/c1-20-14-25(8-9-26(20)36-4)40(34,35)30-12-10-27(11-13-30)16-21(18-38-27)28-17-22(31)19-37-23-6-5-7-24(15-23)39(32,33)29(2)3/h5-9,14-15,21-22,28,31H,10-13,16-19H2,1-4H3/t21?,22-/m0/s1. The highest BCUT2D eigenvalue weighted by Gasteiger charge is 2.44. The van der Waals surface area contributed by atoms with Gasteiger partial charge in [0.25, 0.3) is 0 Å². The Morgan fingerprint density at radius 3 is 2.50 bits per heavy atom. The lowest BCUT2D eigenvalue weighted by Gasteiger charge is -2.38. The number of nitrogens with one attached hydrogen (secondary N) is 1. The molecule has 1 unspecified atom stereocenters. The monoisotopic (exact) mass is 597 g/mol. The zero-order chi connectivity index (χ0) is 29.1. The first kappa shape index (κ1) is 30.7. The summed E-state index contributed by atoms with van der Waals surface area (Å²) in [6.07, 6.45) is 1.10. The van der Waals surface area contributed by atoms with Crippen LogP contribution in [-0.4, -0.2) is 102 Å². The molecule has 11 nitrogen and oxygen atoms in total. The maximum Gasteiger partial charge on any atom is 0.243 e. The molecule has 2 aliphatic heterocycles. The number of sulfonamides is 2.